The van der Waals surface area contributed by atoms with Crippen molar-refractivity contribution in [3.05, 3.63) is 62.5 Å². The zero-order valence-electron chi connectivity index (χ0n) is 11.9. The van der Waals surface area contributed by atoms with E-state index in [4.69, 9.17) is 9.84 Å². The van der Waals surface area contributed by atoms with E-state index in [1.54, 1.807) is 22.9 Å². The second kappa shape index (κ2) is 7.17. The lowest BCUT2D eigenvalue weighted by Crippen LogP contribution is -1.94. The van der Waals surface area contributed by atoms with Gasteiger partial charge in [-0.2, -0.15) is 0 Å². The van der Waals surface area contributed by atoms with Crippen LogP contribution in [0.15, 0.2) is 41.4 Å². The Morgan fingerprint density at radius 1 is 1.22 bits per heavy atom. The van der Waals surface area contributed by atoms with E-state index in [2.05, 4.69) is 9.97 Å². The molecule has 0 radical (unpaired) electrons. The summed E-state index contributed by atoms with van der Waals surface area (Å²) in [5.41, 5.74) is 3.68. The van der Waals surface area contributed by atoms with E-state index in [-0.39, 0.29) is 4.88 Å². The van der Waals surface area contributed by atoms with Gasteiger partial charge in [0.05, 0.1) is 17.4 Å². The van der Waals surface area contributed by atoms with Crippen LogP contribution in [0.3, 0.4) is 0 Å². The third-order valence-electron chi connectivity index (χ3n) is 2.90. The molecular weight excluding hydrogens is 332 g/mol. The maximum Gasteiger partial charge on any atom is 0.347 e. The first-order chi connectivity index (χ1) is 11.2. The number of rotatable bonds is 6. The van der Waals surface area contributed by atoms with Gasteiger partial charge in [-0.25, -0.2) is 14.8 Å². The third kappa shape index (κ3) is 4.24. The Balaban J connectivity index is 1.60. The van der Waals surface area contributed by atoms with Crippen molar-refractivity contribution in [2.75, 3.05) is 0 Å². The van der Waals surface area contributed by atoms with Crippen molar-refractivity contribution in [3.63, 3.8) is 0 Å². The van der Waals surface area contributed by atoms with E-state index in [0.29, 0.717) is 11.6 Å². The van der Waals surface area contributed by atoms with E-state index >= 15 is 0 Å². The number of hydrogen-bond donors (Lipinski definition) is 1. The number of ether oxygens (including phenoxy) is 1. The molecule has 0 atom stereocenters. The SMILES string of the molecule is O=C(O)c1cnc(/C=C\c2ccc(OCc3cscn3)cc2)s1. The molecule has 0 spiro atoms. The van der Waals surface area contributed by atoms with Crippen LogP contribution in [0.4, 0.5) is 0 Å². The molecule has 0 unspecified atom stereocenters. The van der Waals surface area contributed by atoms with Gasteiger partial charge in [-0.1, -0.05) is 18.2 Å². The molecule has 5 nitrogen and oxygen atoms in total. The average molecular weight is 344 g/mol. The van der Waals surface area contributed by atoms with Crippen molar-refractivity contribution < 1.29 is 14.6 Å². The van der Waals surface area contributed by atoms with Gasteiger partial charge in [0.25, 0.3) is 0 Å². The maximum atomic E-state index is 10.8. The van der Waals surface area contributed by atoms with Crippen LogP contribution in [-0.2, 0) is 6.61 Å². The number of aromatic carboxylic acids is 1. The molecule has 23 heavy (non-hydrogen) atoms. The van der Waals surface area contributed by atoms with E-state index in [9.17, 15) is 4.79 Å². The van der Waals surface area contributed by atoms with Crippen LogP contribution < -0.4 is 4.74 Å². The molecule has 0 fully saturated rings. The van der Waals surface area contributed by atoms with Crippen molar-refractivity contribution in [2.24, 2.45) is 0 Å². The molecule has 0 amide bonds. The molecule has 0 aliphatic heterocycles. The van der Waals surface area contributed by atoms with Crippen LogP contribution in [0, 0.1) is 0 Å². The highest BCUT2D eigenvalue weighted by Crippen LogP contribution is 2.18. The lowest BCUT2D eigenvalue weighted by atomic mass is 10.2. The van der Waals surface area contributed by atoms with Gasteiger partial charge in [-0.3, -0.25) is 0 Å². The van der Waals surface area contributed by atoms with Gasteiger partial charge in [-0.05, 0) is 23.8 Å². The number of thiazole rings is 2. The Morgan fingerprint density at radius 2 is 2.04 bits per heavy atom. The number of nitrogens with zero attached hydrogens (tertiary/aromatic N) is 2. The second-order valence-corrected chi connectivity index (χ2v) is 6.32. The average Bonchev–Trinajstić information content (AvgIpc) is 3.23. The second-order valence-electron chi connectivity index (χ2n) is 4.54. The summed E-state index contributed by atoms with van der Waals surface area (Å²) in [5, 5.41) is 11.5. The summed E-state index contributed by atoms with van der Waals surface area (Å²) >= 11 is 2.69. The van der Waals surface area contributed by atoms with Crippen molar-refractivity contribution in [3.8, 4) is 5.75 Å². The van der Waals surface area contributed by atoms with Gasteiger partial charge in [0.1, 0.15) is 22.2 Å². The Kier molecular flexibility index (Phi) is 4.80. The first-order valence-electron chi connectivity index (χ1n) is 6.68. The predicted molar refractivity (Wildman–Crippen MR) is 90.9 cm³/mol. The lowest BCUT2D eigenvalue weighted by molar-refractivity contribution is 0.0702. The Hall–Kier alpha value is -2.51. The summed E-state index contributed by atoms with van der Waals surface area (Å²) in [6.07, 6.45) is 5.04. The molecule has 1 N–H and O–H groups in total. The monoisotopic (exact) mass is 344 g/mol. The molecule has 116 valence electrons. The Bertz CT molecular complexity index is 808. The summed E-state index contributed by atoms with van der Waals surface area (Å²) in [5.74, 6) is -0.179. The van der Waals surface area contributed by atoms with Crippen LogP contribution >= 0.6 is 22.7 Å². The first kappa shape index (κ1) is 15.4. The van der Waals surface area contributed by atoms with Crippen molar-refractivity contribution in [1.82, 2.24) is 9.97 Å². The van der Waals surface area contributed by atoms with E-state index in [1.807, 2.05) is 35.7 Å². The highest BCUT2D eigenvalue weighted by Gasteiger charge is 2.06. The molecule has 0 aliphatic carbocycles. The number of carboxylic acids is 1. The first-order valence-corrected chi connectivity index (χ1v) is 8.44. The summed E-state index contributed by atoms with van der Waals surface area (Å²) < 4.78 is 5.64. The van der Waals surface area contributed by atoms with Gasteiger partial charge in [0.2, 0.25) is 0 Å². The standard InChI is InChI=1S/C16H12N2O3S2/c19-16(20)14-7-17-15(23-14)6-3-11-1-4-13(5-2-11)21-8-12-9-22-10-18-12/h1-7,9-10H,8H2,(H,19,20)/b6-3-. The molecular formula is C16H12N2O3S2. The van der Waals surface area contributed by atoms with Crippen LogP contribution in [0.25, 0.3) is 12.2 Å². The quantitative estimate of drug-likeness (QED) is 0.730. The number of benzene rings is 1. The molecule has 0 saturated heterocycles. The Morgan fingerprint density at radius 3 is 2.70 bits per heavy atom. The summed E-state index contributed by atoms with van der Waals surface area (Å²) in [4.78, 5) is 19.2. The zero-order chi connectivity index (χ0) is 16.1. The molecule has 2 heterocycles. The highest BCUT2D eigenvalue weighted by molar-refractivity contribution is 7.14. The minimum atomic E-state index is -0.955. The summed E-state index contributed by atoms with van der Waals surface area (Å²) in [7, 11) is 0. The number of hydrogen-bond acceptors (Lipinski definition) is 6. The molecule has 3 aromatic rings. The van der Waals surface area contributed by atoms with Crippen LogP contribution in [-0.4, -0.2) is 21.0 Å². The topological polar surface area (TPSA) is 72.3 Å². The highest BCUT2D eigenvalue weighted by atomic mass is 32.1. The minimum Gasteiger partial charge on any atom is -0.487 e. The minimum absolute atomic E-state index is 0.232. The number of carbonyl (C=O) groups is 1. The predicted octanol–water partition coefficient (Wildman–Crippen LogP) is 4.05. The van der Waals surface area contributed by atoms with E-state index < -0.39 is 5.97 Å². The lowest BCUT2D eigenvalue weighted by Gasteiger charge is -2.04. The van der Waals surface area contributed by atoms with Gasteiger partial charge >= 0.3 is 5.97 Å². The number of carboxylic acid groups (broad SMARTS) is 1. The van der Waals surface area contributed by atoms with Gasteiger partial charge in [0.15, 0.2) is 0 Å². The molecule has 3 rings (SSSR count). The van der Waals surface area contributed by atoms with Crippen molar-refractivity contribution in [1.29, 1.82) is 0 Å². The molecule has 1 aromatic carbocycles. The molecule has 2 aromatic heterocycles. The van der Waals surface area contributed by atoms with Crippen molar-refractivity contribution >= 4 is 40.8 Å². The fourth-order valence-corrected chi connectivity index (χ4v) is 2.97. The fraction of sp³-hybridized carbons (Fsp3) is 0.0625. The summed E-state index contributed by atoms with van der Waals surface area (Å²) in [6.45, 7) is 0.454. The maximum absolute atomic E-state index is 10.8. The third-order valence-corrected chi connectivity index (χ3v) is 4.49. The van der Waals surface area contributed by atoms with Crippen LogP contribution in [0.5, 0.6) is 5.75 Å². The molecule has 0 bridgehead atoms. The van der Waals surface area contributed by atoms with Gasteiger partial charge in [0, 0.05) is 5.38 Å². The molecule has 0 aliphatic rings. The van der Waals surface area contributed by atoms with Gasteiger partial charge in [-0.15, -0.1) is 22.7 Å². The number of aromatic nitrogens is 2. The van der Waals surface area contributed by atoms with Gasteiger partial charge < -0.3 is 9.84 Å². The van der Waals surface area contributed by atoms with E-state index in [0.717, 1.165) is 28.3 Å². The molecule has 7 heteroatoms. The van der Waals surface area contributed by atoms with E-state index in [1.165, 1.54) is 6.20 Å². The van der Waals surface area contributed by atoms with Crippen LogP contribution in [0.2, 0.25) is 0 Å². The van der Waals surface area contributed by atoms with Crippen LogP contribution in [0.1, 0.15) is 25.9 Å². The normalized spacial score (nSPS) is 11.0. The smallest absolute Gasteiger partial charge is 0.347 e. The summed E-state index contributed by atoms with van der Waals surface area (Å²) in [6, 6.07) is 7.63. The fourth-order valence-electron chi connectivity index (χ4n) is 1.77. The van der Waals surface area contributed by atoms with Crippen molar-refractivity contribution in [2.45, 2.75) is 6.61 Å². The largest absolute Gasteiger partial charge is 0.487 e. The zero-order valence-corrected chi connectivity index (χ0v) is 13.5. The molecule has 0 saturated carbocycles. The Labute approximate surface area is 140 Å².